The minimum Gasteiger partial charge on any atom is -0.399 e. The van der Waals surface area contributed by atoms with E-state index in [-0.39, 0.29) is 5.69 Å². The van der Waals surface area contributed by atoms with Crippen LogP contribution >= 0.6 is 0 Å². The predicted molar refractivity (Wildman–Crippen MR) is 65.2 cm³/mol. The third kappa shape index (κ3) is 2.36. The third-order valence-corrected chi connectivity index (χ3v) is 2.47. The van der Waals surface area contributed by atoms with Crippen LogP contribution in [-0.2, 0) is 0 Å². The number of halogens is 2. The van der Waals surface area contributed by atoms with Gasteiger partial charge in [-0.05, 0) is 42.8 Å². The van der Waals surface area contributed by atoms with Gasteiger partial charge in [0.15, 0.2) is 11.6 Å². The second-order valence-electron chi connectivity index (χ2n) is 3.80. The van der Waals surface area contributed by atoms with Gasteiger partial charge >= 0.3 is 0 Å². The van der Waals surface area contributed by atoms with Crippen molar-refractivity contribution in [2.45, 2.75) is 6.92 Å². The van der Waals surface area contributed by atoms with E-state index in [1.54, 1.807) is 18.2 Å². The molecule has 2 rings (SSSR count). The van der Waals surface area contributed by atoms with E-state index in [9.17, 15) is 8.78 Å². The van der Waals surface area contributed by atoms with Gasteiger partial charge in [0, 0.05) is 11.4 Å². The molecule has 0 radical (unpaired) electrons. The van der Waals surface area contributed by atoms with E-state index in [1.165, 1.54) is 12.1 Å². The summed E-state index contributed by atoms with van der Waals surface area (Å²) in [7, 11) is 0. The zero-order valence-electron chi connectivity index (χ0n) is 9.30. The van der Waals surface area contributed by atoms with Gasteiger partial charge in [0.25, 0.3) is 0 Å². The lowest BCUT2D eigenvalue weighted by Gasteiger charge is -2.11. The Labute approximate surface area is 98.1 Å². The van der Waals surface area contributed by atoms with Crippen LogP contribution in [0.5, 0.6) is 0 Å². The average Bonchev–Trinajstić information content (AvgIpc) is 2.28. The van der Waals surface area contributed by atoms with E-state index in [0.717, 1.165) is 11.6 Å². The molecule has 4 heteroatoms. The zero-order valence-corrected chi connectivity index (χ0v) is 9.30. The minimum atomic E-state index is -0.885. The summed E-state index contributed by atoms with van der Waals surface area (Å²) in [5, 5.41) is 2.84. The number of nitrogen functional groups attached to an aromatic ring is 1. The number of aryl methyl sites for hydroxylation is 1. The number of nitrogens with two attached hydrogens (primary N) is 1. The highest BCUT2D eigenvalue weighted by Crippen LogP contribution is 2.25. The fourth-order valence-electron chi connectivity index (χ4n) is 1.57. The van der Waals surface area contributed by atoms with Gasteiger partial charge in [-0.25, -0.2) is 8.78 Å². The maximum Gasteiger partial charge on any atom is 0.182 e. The highest BCUT2D eigenvalue weighted by atomic mass is 19.2. The van der Waals surface area contributed by atoms with E-state index in [0.29, 0.717) is 11.4 Å². The monoisotopic (exact) mass is 234 g/mol. The van der Waals surface area contributed by atoms with Gasteiger partial charge in [0.1, 0.15) is 0 Å². The number of hydrogen-bond donors (Lipinski definition) is 2. The number of benzene rings is 2. The SMILES string of the molecule is Cc1cc(N)ccc1Nc1cccc(F)c1F. The van der Waals surface area contributed by atoms with Gasteiger partial charge in [0.05, 0.1) is 5.69 Å². The first-order chi connectivity index (χ1) is 8.08. The molecule has 0 atom stereocenters. The molecule has 0 aromatic heterocycles. The Kier molecular flexibility index (Phi) is 2.95. The van der Waals surface area contributed by atoms with E-state index in [2.05, 4.69) is 5.32 Å². The highest BCUT2D eigenvalue weighted by molar-refractivity contribution is 5.66. The molecule has 3 N–H and O–H groups in total. The highest BCUT2D eigenvalue weighted by Gasteiger charge is 2.08. The van der Waals surface area contributed by atoms with Crippen LogP contribution in [0.2, 0.25) is 0 Å². The molecular weight excluding hydrogens is 222 g/mol. The van der Waals surface area contributed by atoms with Crippen LogP contribution < -0.4 is 11.1 Å². The van der Waals surface area contributed by atoms with Crippen molar-refractivity contribution in [1.82, 2.24) is 0 Å². The second kappa shape index (κ2) is 4.41. The fourth-order valence-corrected chi connectivity index (χ4v) is 1.57. The molecule has 2 aromatic rings. The van der Waals surface area contributed by atoms with Crippen molar-refractivity contribution in [1.29, 1.82) is 0 Å². The van der Waals surface area contributed by atoms with Crippen LogP contribution in [0.15, 0.2) is 36.4 Å². The molecule has 0 aliphatic carbocycles. The Morgan fingerprint density at radius 3 is 2.53 bits per heavy atom. The quantitative estimate of drug-likeness (QED) is 0.779. The Hall–Kier alpha value is -2.10. The summed E-state index contributed by atoms with van der Waals surface area (Å²) in [6.07, 6.45) is 0. The molecule has 0 saturated carbocycles. The van der Waals surface area contributed by atoms with E-state index < -0.39 is 11.6 Å². The molecule has 0 unspecified atom stereocenters. The Balaban J connectivity index is 2.35. The second-order valence-corrected chi connectivity index (χ2v) is 3.80. The van der Waals surface area contributed by atoms with Crippen molar-refractivity contribution in [2.24, 2.45) is 0 Å². The van der Waals surface area contributed by atoms with Crippen molar-refractivity contribution < 1.29 is 8.78 Å². The van der Waals surface area contributed by atoms with Gasteiger partial charge in [-0.15, -0.1) is 0 Å². The summed E-state index contributed by atoms with van der Waals surface area (Å²) in [6.45, 7) is 1.84. The van der Waals surface area contributed by atoms with Crippen LogP contribution in [0.1, 0.15) is 5.56 Å². The summed E-state index contributed by atoms with van der Waals surface area (Å²) in [5.41, 5.74) is 7.92. The summed E-state index contributed by atoms with van der Waals surface area (Å²) in [5.74, 6) is -1.76. The van der Waals surface area contributed by atoms with Crippen molar-refractivity contribution in [3.05, 3.63) is 53.6 Å². The van der Waals surface area contributed by atoms with Crippen LogP contribution in [0.4, 0.5) is 25.8 Å². The van der Waals surface area contributed by atoms with Crippen molar-refractivity contribution >= 4 is 17.1 Å². The molecule has 0 bridgehead atoms. The molecule has 0 spiro atoms. The van der Waals surface area contributed by atoms with E-state index in [4.69, 9.17) is 5.73 Å². The number of hydrogen-bond acceptors (Lipinski definition) is 2. The first-order valence-electron chi connectivity index (χ1n) is 5.15. The first kappa shape index (κ1) is 11.4. The molecule has 0 saturated heterocycles. The molecule has 2 nitrogen and oxygen atoms in total. The van der Waals surface area contributed by atoms with Crippen LogP contribution in [-0.4, -0.2) is 0 Å². The summed E-state index contributed by atoms with van der Waals surface area (Å²) in [4.78, 5) is 0. The molecule has 0 aliphatic rings. The Bertz CT molecular complexity index is 553. The molecule has 88 valence electrons. The topological polar surface area (TPSA) is 38.0 Å². The standard InChI is InChI=1S/C13H12F2N2/c1-8-7-9(16)5-6-11(8)17-12-4-2-3-10(14)13(12)15/h2-7,17H,16H2,1H3. The predicted octanol–water partition coefficient (Wildman–Crippen LogP) is 3.60. The van der Waals surface area contributed by atoms with Crippen molar-refractivity contribution in [2.75, 3.05) is 11.1 Å². The largest absolute Gasteiger partial charge is 0.399 e. The molecule has 0 fully saturated rings. The molecule has 0 aliphatic heterocycles. The molecule has 2 aromatic carbocycles. The van der Waals surface area contributed by atoms with Gasteiger partial charge < -0.3 is 11.1 Å². The van der Waals surface area contributed by atoms with Gasteiger partial charge in [0.2, 0.25) is 0 Å². The molecule has 0 heterocycles. The fraction of sp³-hybridized carbons (Fsp3) is 0.0769. The van der Waals surface area contributed by atoms with Crippen LogP contribution in [0.3, 0.4) is 0 Å². The lowest BCUT2D eigenvalue weighted by atomic mass is 10.1. The molecule has 17 heavy (non-hydrogen) atoms. The molecular formula is C13H12F2N2. The maximum atomic E-state index is 13.4. The van der Waals surface area contributed by atoms with Gasteiger partial charge in [-0.2, -0.15) is 0 Å². The van der Waals surface area contributed by atoms with Crippen LogP contribution in [0.25, 0.3) is 0 Å². The van der Waals surface area contributed by atoms with Crippen molar-refractivity contribution in [3.8, 4) is 0 Å². The van der Waals surface area contributed by atoms with E-state index >= 15 is 0 Å². The number of rotatable bonds is 2. The lowest BCUT2D eigenvalue weighted by Crippen LogP contribution is -1.98. The Morgan fingerprint density at radius 1 is 1.06 bits per heavy atom. The zero-order chi connectivity index (χ0) is 12.4. The van der Waals surface area contributed by atoms with E-state index in [1.807, 2.05) is 6.92 Å². The smallest absolute Gasteiger partial charge is 0.182 e. The summed E-state index contributed by atoms with van der Waals surface area (Å²) < 4.78 is 26.4. The maximum absolute atomic E-state index is 13.4. The minimum absolute atomic E-state index is 0.109. The summed E-state index contributed by atoms with van der Waals surface area (Å²) >= 11 is 0. The Morgan fingerprint density at radius 2 is 1.82 bits per heavy atom. The number of nitrogens with one attached hydrogen (secondary N) is 1. The van der Waals surface area contributed by atoms with Gasteiger partial charge in [-0.3, -0.25) is 0 Å². The van der Waals surface area contributed by atoms with Gasteiger partial charge in [-0.1, -0.05) is 6.07 Å². The number of anilines is 3. The first-order valence-corrected chi connectivity index (χ1v) is 5.15. The van der Waals surface area contributed by atoms with Crippen LogP contribution in [0, 0.1) is 18.6 Å². The normalized spacial score (nSPS) is 10.3. The third-order valence-electron chi connectivity index (χ3n) is 2.47. The summed E-state index contributed by atoms with van der Waals surface area (Å²) in [6, 6.07) is 9.21. The average molecular weight is 234 g/mol. The van der Waals surface area contributed by atoms with Crippen molar-refractivity contribution in [3.63, 3.8) is 0 Å². The molecule has 0 amide bonds. The lowest BCUT2D eigenvalue weighted by molar-refractivity contribution is 0.512.